The summed E-state index contributed by atoms with van der Waals surface area (Å²) in [5.74, 6) is 0.272. The molecule has 0 aromatic carbocycles. The standard InChI is InChI=1S/C11H22N2O3/c1-2-16-11(15)13-7-4-9(5-8-13)10(14)3-6-12/h9-10,14H,2-8,12H2,1H3/t10-/m0/s1. The molecular formula is C11H22N2O3. The first-order valence-electron chi connectivity index (χ1n) is 5.98. The Morgan fingerprint density at radius 2 is 2.19 bits per heavy atom. The average molecular weight is 230 g/mol. The van der Waals surface area contributed by atoms with E-state index in [0.717, 1.165) is 12.8 Å². The van der Waals surface area contributed by atoms with E-state index < -0.39 is 0 Å². The normalized spacial score (nSPS) is 19.6. The molecule has 1 atom stereocenters. The Labute approximate surface area is 96.6 Å². The first kappa shape index (κ1) is 13.3. The third-order valence-electron chi connectivity index (χ3n) is 3.07. The largest absolute Gasteiger partial charge is 0.450 e. The van der Waals surface area contributed by atoms with E-state index in [1.165, 1.54) is 0 Å². The predicted octanol–water partition coefficient (Wildman–Crippen LogP) is 0.565. The van der Waals surface area contributed by atoms with Gasteiger partial charge in [-0.05, 0) is 38.6 Å². The third-order valence-corrected chi connectivity index (χ3v) is 3.07. The van der Waals surface area contributed by atoms with Crippen molar-refractivity contribution in [3.8, 4) is 0 Å². The first-order valence-corrected chi connectivity index (χ1v) is 5.98. The number of hydrogen-bond donors (Lipinski definition) is 2. The van der Waals surface area contributed by atoms with E-state index in [9.17, 15) is 9.90 Å². The van der Waals surface area contributed by atoms with Crippen molar-refractivity contribution >= 4 is 6.09 Å². The topological polar surface area (TPSA) is 75.8 Å². The summed E-state index contributed by atoms with van der Waals surface area (Å²) in [7, 11) is 0. The lowest BCUT2D eigenvalue weighted by Crippen LogP contribution is -2.41. The zero-order valence-corrected chi connectivity index (χ0v) is 9.89. The number of amides is 1. The molecule has 0 bridgehead atoms. The van der Waals surface area contributed by atoms with Crippen molar-refractivity contribution in [3.63, 3.8) is 0 Å². The van der Waals surface area contributed by atoms with Gasteiger partial charge in [0.25, 0.3) is 0 Å². The second kappa shape index (κ2) is 6.70. The van der Waals surface area contributed by atoms with Crippen LogP contribution in [-0.2, 0) is 4.74 Å². The van der Waals surface area contributed by atoms with Gasteiger partial charge in [-0.2, -0.15) is 0 Å². The molecule has 1 aliphatic rings. The molecule has 3 N–H and O–H groups in total. The van der Waals surface area contributed by atoms with Crippen LogP contribution in [0.2, 0.25) is 0 Å². The summed E-state index contributed by atoms with van der Waals surface area (Å²) in [4.78, 5) is 13.1. The van der Waals surface area contributed by atoms with Gasteiger partial charge >= 0.3 is 6.09 Å². The summed E-state index contributed by atoms with van der Waals surface area (Å²) in [5, 5.41) is 9.79. The summed E-state index contributed by atoms with van der Waals surface area (Å²) >= 11 is 0. The van der Waals surface area contributed by atoms with Gasteiger partial charge in [0, 0.05) is 13.1 Å². The maximum absolute atomic E-state index is 11.4. The lowest BCUT2D eigenvalue weighted by atomic mass is 9.90. The Hall–Kier alpha value is -0.810. The fourth-order valence-corrected chi connectivity index (χ4v) is 2.09. The highest BCUT2D eigenvalue weighted by molar-refractivity contribution is 5.67. The Kier molecular flexibility index (Phi) is 5.55. The fourth-order valence-electron chi connectivity index (χ4n) is 2.09. The maximum atomic E-state index is 11.4. The van der Waals surface area contributed by atoms with Crippen LogP contribution >= 0.6 is 0 Å². The number of nitrogens with zero attached hydrogens (tertiary/aromatic N) is 1. The molecule has 1 saturated heterocycles. The number of likely N-dealkylation sites (tertiary alicyclic amines) is 1. The first-order chi connectivity index (χ1) is 7.69. The van der Waals surface area contributed by atoms with Crippen LogP contribution in [-0.4, -0.2) is 48.4 Å². The van der Waals surface area contributed by atoms with Crippen LogP contribution in [0.3, 0.4) is 0 Å². The number of nitrogens with two attached hydrogens (primary N) is 1. The zero-order chi connectivity index (χ0) is 12.0. The van der Waals surface area contributed by atoms with E-state index in [-0.39, 0.29) is 18.1 Å². The van der Waals surface area contributed by atoms with Crippen molar-refractivity contribution in [2.24, 2.45) is 11.7 Å². The van der Waals surface area contributed by atoms with Gasteiger partial charge in [0.15, 0.2) is 0 Å². The highest BCUT2D eigenvalue weighted by atomic mass is 16.6. The molecule has 0 spiro atoms. The molecule has 1 fully saturated rings. The monoisotopic (exact) mass is 230 g/mol. The van der Waals surface area contributed by atoms with Gasteiger partial charge in [0.05, 0.1) is 12.7 Å². The zero-order valence-electron chi connectivity index (χ0n) is 9.89. The van der Waals surface area contributed by atoms with Gasteiger partial charge in [-0.1, -0.05) is 0 Å². The summed E-state index contributed by atoms with van der Waals surface area (Å²) < 4.78 is 4.93. The molecule has 1 rings (SSSR count). The van der Waals surface area contributed by atoms with Gasteiger partial charge in [0.2, 0.25) is 0 Å². The average Bonchev–Trinajstić information content (AvgIpc) is 2.30. The SMILES string of the molecule is CCOC(=O)N1CCC([C@@H](O)CCN)CC1. The van der Waals surface area contributed by atoms with E-state index >= 15 is 0 Å². The number of carbonyl (C=O) groups excluding carboxylic acids is 1. The minimum Gasteiger partial charge on any atom is -0.450 e. The molecule has 94 valence electrons. The van der Waals surface area contributed by atoms with Crippen LogP contribution in [0.4, 0.5) is 4.79 Å². The van der Waals surface area contributed by atoms with E-state index in [2.05, 4.69) is 0 Å². The molecule has 5 nitrogen and oxygen atoms in total. The lowest BCUT2D eigenvalue weighted by molar-refractivity contribution is 0.0461. The van der Waals surface area contributed by atoms with E-state index in [0.29, 0.717) is 32.7 Å². The van der Waals surface area contributed by atoms with Crippen molar-refractivity contribution in [3.05, 3.63) is 0 Å². The van der Waals surface area contributed by atoms with Crippen LogP contribution in [0.25, 0.3) is 0 Å². The molecule has 0 radical (unpaired) electrons. The summed E-state index contributed by atoms with van der Waals surface area (Å²) in [6, 6.07) is 0. The van der Waals surface area contributed by atoms with Gasteiger partial charge in [-0.25, -0.2) is 4.79 Å². The highest BCUT2D eigenvalue weighted by Crippen LogP contribution is 2.22. The molecule has 0 unspecified atom stereocenters. The molecule has 0 saturated carbocycles. The number of ether oxygens (including phenoxy) is 1. The second-order valence-electron chi connectivity index (χ2n) is 4.17. The second-order valence-corrected chi connectivity index (χ2v) is 4.17. The quantitative estimate of drug-likeness (QED) is 0.740. The Morgan fingerprint density at radius 3 is 2.69 bits per heavy atom. The molecule has 1 amide bonds. The van der Waals surface area contributed by atoms with Crippen molar-refractivity contribution in [2.75, 3.05) is 26.2 Å². The summed E-state index contributed by atoms with van der Waals surface area (Å²) in [6.45, 7) is 4.07. The minimum atomic E-state index is -0.325. The molecule has 0 aromatic rings. The molecule has 0 aromatic heterocycles. The van der Waals surface area contributed by atoms with Gasteiger partial charge < -0.3 is 20.5 Å². The van der Waals surface area contributed by atoms with Crippen molar-refractivity contribution in [1.29, 1.82) is 0 Å². The van der Waals surface area contributed by atoms with Crippen molar-refractivity contribution in [1.82, 2.24) is 4.90 Å². The van der Waals surface area contributed by atoms with Gasteiger partial charge in [-0.15, -0.1) is 0 Å². The number of piperidine rings is 1. The van der Waals surface area contributed by atoms with Crippen LogP contribution in [0.5, 0.6) is 0 Å². The minimum absolute atomic E-state index is 0.241. The molecular weight excluding hydrogens is 208 g/mol. The summed E-state index contributed by atoms with van der Waals surface area (Å²) in [6.07, 6.45) is 1.74. The van der Waals surface area contributed by atoms with E-state index in [1.54, 1.807) is 11.8 Å². The molecule has 5 heteroatoms. The van der Waals surface area contributed by atoms with Crippen LogP contribution in [0, 0.1) is 5.92 Å². The fraction of sp³-hybridized carbons (Fsp3) is 0.909. The Balaban J connectivity index is 2.30. The molecule has 1 aliphatic heterocycles. The number of rotatable bonds is 4. The van der Waals surface area contributed by atoms with Crippen LogP contribution in [0.1, 0.15) is 26.2 Å². The third kappa shape index (κ3) is 3.64. The number of hydrogen-bond acceptors (Lipinski definition) is 4. The maximum Gasteiger partial charge on any atom is 0.409 e. The Morgan fingerprint density at radius 1 is 1.56 bits per heavy atom. The van der Waals surface area contributed by atoms with Gasteiger partial charge in [0.1, 0.15) is 0 Å². The lowest BCUT2D eigenvalue weighted by Gasteiger charge is -2.33. The van der Waals surface area contributed by atoms with Crippen LogP contribution in [0.15, 0.2) is 0 Å². The number of carbonyl (C=O) groups is 1. The molecule has 16 heavy (non-hydrogen) atoms. The van der Waals surface area contributed by atoms with E-state index in [1.807, 2.05) is 0 Å². The van der Waals surface area contributed by atoms with Crippen molar-refractivity contribution in [2.45, 2.75) is 32.3 Å². The van der Waals surface area contributed by atoms with E-state index in [4.69, 9.17) is 10.5 Å². The van der Waals surface area contributed by atoms with Crippen molar-refractivity contribution < 1.29 is 14.6 Å². The predicted molar refractivity (Wildman–Crippen MR) is 61.0 cm³/mol. The number of aliphatic hydroxyl groups excluding tert-OH is 1. The van der Waals surface area contributed by atoms with Gasteiger partial charge in [-0.3, -0.25) is 0 Å². The molecule has 1 heterocycles. The Bertz CT molecular complexity index is 215. The summed E-state index contributed by atoms with van der Waals surface area (Å²) in [5.41, 5.74) is 5.41. The smallest absolute Gasteiger partial charge is 0.409 e. The number of aliphatic hydroxyl groups is 1. The highest BCUT2D eigenvalue weighted by Gasteiger charge is 2.27. The van der Waals surface area contributed by atoms with Crippen LogP contribution < -0.4 is 5.73 Å². The molecule has 0 aliphatic carbocycles.